The molecule has 0 atom stereocenters. The molecule has 1 aliphatic carbocycles. The summed E-state index contributed by atoms with van der Waals surface area (Å²) in [4.78, 5) is 12.6. The lowest BCUT2D eigenvalue weighted by Crippen LogP contribution is -2.18. The molecule has 0 aromatic heterocycles. The van der Waals surface area contributed by atoms with E-state index in [2.05, 4.69) is 11.3 Å². The zero-order valence-electron chi connectivity index (χ0n) is 19.8. The van der Waals surface area contributed by atoms with Gasteiger partial charge in [-0.25, -0.2) is 9.18 Å². The quantitative estimate of drug-likeness (QED) is 0.0716. The average molecular weight is 516 g/mol. The van der Waals surface area contributed by atoms with E-state index in [0.29, 0.717) is 32.3 Å². The van der Waals surface area contributed by atoms with Gasteiger partial charge >= 0.3 is 12.3 Å². The minimum atomic E-state index is -5.03. The lowest BCUT2D eigenvalue weighted by Gasteiger charge is -2.11. The van der Waals surface area contributed by atoms with Crippen LogP contribution in [0.1, 0.15) is 34.3 Å². The van der Waals surface area contributed by atoms with Crippen molar-refractivity contribution < 1.29 is 41.3 Å². The molecule has 0 unspecified atom stereocenters. The summed E-state index contributed by atoms with van der Waals surface area (Å²) < 4.78 is 70.8. The molecule has 37 heavy (non-hydrogen) atoms. The Balaban J connectivity index is 1.36. The van der Waals surface area contributed by atoms with Gasteiger partial charge in [0.25, 0.3) is 0 Å². The zero-order chi connectivity index (χ0) is 26.4. The molecule has 0 heterocycles. The van der Waals surface area contributed by atoms with Crippen LogP contribution in [0.4, 0.5) is 17.6 Å². The molecule has 0 spiro atoms. The van der Waals surface area contributed by atoms with E-state index in [9.17, 15) is 22.4 Å². The third kappa shape index (κ3) is 6.89. The Morgan fingerprint density at radius 2 is 1.62 bits per heavy atom. The molecular formula is C28H24F4O5. The van der Waals surface area contributed by atoms with Crippen molar-refractivity contribution in [1.82, 2.24) is 0 Å². The molecule has 0 aliphatic heterocycles. The Kier molecular flexibility index (Phi) is 8.13. The van der Waals surface area contributed by atoms with Crippen LogP contribution in [-0.2, 0) is 11.2 Å². The fraction of sp³-hybridized carbons (Fsp3) is 0.250. The first-order chi connectivity index (χ1) is 17.7. The van der Waals surface area contributed by atoms with Gasteiger partial charge in [0, 0.05) is 12.7 Å². The second-order valence-electron chi connectivity index (χ2n) is 8.32. The Bertz CT molecular complexity index is 1290. The number of benzene rings is 3. The summed E-state index contributed by atoms with van der Waals surface area (Å²) in [5, 5.41) is 0. The van der Waals surface area contributed by atoms with Gasteiger partial charge in [0.2, 0.25) is 0 Å². The molecule has 1 aliphatic rings. The van der Waals surface area contributed by atoms with Crippen molar-refractivity contribution in [3.63, 3.8) is 0 Å². The molecule has 9 heteroatoms. The predicted molar refractivity (Wildman–Crippen MR) is 128 cm³/mol. The van der Waals surface area contributed by atoms with Gasteiger partial charge in [-0.15, -0.1) is 19.8 Å². The summed E-state index contributed by atoms with van der Waals surface area (Å²) in [5.74, 6) is -2.55. The summed E-state index contributed by atoms with van der Waals surface area (Å²) in [7, 11) is 0. The number of carbonyl (C=O) groups is 1. The van der Waals surface area contributed by atoms with E-state index in [1.165, 1.54) is 0 Å². The van der Waals surface area contributed by atoms with Crippen LogP contribution in [0.3, 0.4) is 0 Å². The van der Waals surface area contributed by atoms with Gasteiger partial charge in [-0.1, -0.05) is 18.2 Å². The summed E-state index contributed by atoms with van der Waals surface area (Å²) in [6.45, 7) is 5.38. The molecule has 0 N–H and O–H groups in total. The highest BCUT2D eigenvalue weighted by Gasteiger charge is 2.32. The first kappa shape index (κ1) is 26.2. The second kappa shape index (κ2) is 11.5. The number of fused-ring (bicyclic) bond motifs is 3. The highest BCUT2D eigenvalue weighted by atomic mass is 19.4. The van der Waals surface area contributed by atoms with Gasteiger partial charge < -0.3 is 18.9 Å². The van der Waals surface area contributed by atoms with E-state index in [-0.39, 0.29) is 11.3 Å². The average Bonchev–Trinajstić information content (AvgIpc) is 3.21. The SMILES string of the molecule is C=CCOCCCCOc1ccc2c(c1)Cc1cc(C(=O)Oc3ccc(OC(F)(F)F)c(F)c3)ccc1-2. The maximum absolute atomic E-state index is 13.9. The summed E-state index contributed by atoms with van der Waals surface area (Å²) >= 11 is 0. The van der Waals surface area contributed by atoms with Crippen molar-refractivity contribution in [3.8, 4) is 28.4 Å². The molecule has 194 valence electrons. The fourth-order valence-corrected chi connectivity index (χ4v) is 3.99. The van der Waals surface area contributed by atoms with Crippen molar-refractivity contribution >= 4 is 5.97 Å². The number of unbranched alkanes of at least 4 members (excludes halogenated alkanes) is 1. The van der Waals surface area contributed by atoms with Crippen LogP contribution in [-0.4, -0.2) is 32.2 Å². The smallest absolute Gasteiger partial charge is 0.494 e. The largest absolute Gasteiger partial charge is 0.573 e. The summed E-state index contributed by atoms with van der Waals surface area (Å²) in [6.07, 6.45) is -0.973. The molecule has 0 amide bonds. The summed E-state index contributed by atoms with van der Waals surface area (Å²) in [5.41, 5.74) is 4.24. The minimum Gasteiger partial charge on any atom is -0.494 e. The molecule has 0 saturated carbocycles. The normalized spacial score (nSPS) is 12.0. The van der Waals surface area contributed by atoms with Crippen LogP contribution in [0.15, 0.2) is 67.3 Å². The molecule has 0 bridgehead atoms. The van der Waals surface area contributed by atoms with E-state index >= 15 is 0 Å². The fourth-order valence-electron chi connectivity index (χ4n) is 3.99. The number of alkyl halides is 3. The third-order valence-corrected chi connectivity index (χ3v) is 5.62. The van der Waals surface area contributed by atoms with Crippen LogP contribution in [0, 0.1) is 5.82 Å². The Morgan fingerprint density at radius 3 is 2.35 bits per heavy atom. The minimum absolute atomic E-state index is 0.234. The Morgan fingerprint density at radius 1 is 0.919 bits per heavy atom. The predicted octanol–water partition coefficient (Wildman–Crippen LogP) is 6.88. The monoisotopic (exact) mass is 516 g/mol. The molecule has 0 fully saturated rings. The Hall–Kier alpha value is -3.85. The zero-order valence-corrected chi connectivity index (χ0v) is 19.8. The molecule has 3 aromatic carbocycles. The number of carbonyl (C=O) groups excluding carboxylic acids is 1. The molecular weight excluding hydrogens is 492 g/mol. The van der Waals surface area contributed by atoms with Crippen LogP contribution >= 0.6 is 0 Å². The van der Waals surface area contributed by atoms with E-state index in [1.54, 1.807) is 18.2 Å². The third-order valence-electron chi connectivity index (χ3n) is 5.62. The number of hydrogen-bond donors (Lipinski definition) is 0. The topological polar surface area (TPSA) is 54.0 Å². The number of ether oxygens (including phenoxy) is 4. The number of rotatable bonds is 11. The van der Waals surface area contributed by atoms with Gasteiger partial charge in [-0.05, 0) is 77.9 Å². The Labute approximate surface area is 211 Å². The second-order valence-corrected chi connectivity index (χ2v) is 8.32. The van der Waals surface area contributed by atoms with Crippen LogP contribution in [0.25, 0.3) is 11.1 Å². The number of hydrogen-bond acceptors (Lipinski definition) is 5. The molecule has 3 aromatic rings. The van der Waals surface area contributed by atoms with Gasteiger partial charge in [0.1, 0.15) is 11.5 Å². The van der Waals surface area contributed by atoms with Crippen molar-refractivity contribution in [2.45, 2.75) is 25.6 Å². The van der Waals surface area contributed by atoms with Crippen molar-refractivity contribution in [2.75, 3.05) is 19.8 Å². The maximum Gasteiger partial charge on any atom is 0.573 e. The van der Waals surface area contributed by atoms with Crippen LogP contribution in [0.2, 0.25) is 0 Å². The van der Waals surface area contributed by atoms with Gasteiger partial charge in [-0.2, -0.15) is 0 Å². The molecule has 4 rings (SSSR count). The van der Waals surface area contributed by atoms with Crippen LogP contribution in [0.5, 0.6) is 17.2 Å². The van der Waals surface area contributed by atoms with E-state index < -0.39 is 23.9 Å². The maximum atomic E-state index is 13.9. The standard InChI is InChI=1S/C28H24F4O5/c1-2-11-34-12-3-4-13-35-21-6-9-24-20(16-21)15-19-14-18(5-8-23(19)24)27(33)36-22-7-10-26(25(29)17-22)37-28(30,31)32/h2,5-10,14,16-17H,1,3-4,11-13,15H2. The highest BCUT2D eigenvalue weighted by molar-refractivity contribution is 5.93. The van der Waals surface area contributed by atoms with Crippen molar-refractivity contribution in [2.24, 2.45) is 0 Å². The van der Waals surface area contributed by atoms with E-state index in [1.807, 2.05) is 24.3 Å². The van der Waals surface area contributed by atoms with Crippen molar-refractivity contribution in [1.29, 1.82) is 0 Å². The molecule has 5 nitrogen and oxygen atoms in total. The lowest BCUT2D eigenvalue weighted by atomic mass is 10.0. The summed E-state index contributed by atoms with van der Waals surface area (Å²) in [6, 6.07) is 13.4. The molecule has 0 saturated heterocycles. The van der Waals surface area contributed by atoms with Gasteiger partial charge in [-0.3, -0.25) is 0 Å². The van der Waals surface area contributed by atoms with Gasteiger partial charge in [0.05, 0.1) is 18.8 Å². The van der Waals surface area contributed by atoms with E-state index in [0.717, 1.165) is 53.0 Å². The number of halogens is 4. The highest BCUT2D eigenvalue weighted by Crippen LogP contribution is 2.39. The first-order valence-corrected chi connectivity index (χ1v) is 11.6. The molecule has 0 radical (unpaired) electrons. The van der Waals surface area contributed by atoms with Crippen molar-refractivity contribution in [3.05, 3.63) is 89.8 Å². The van der Waals surface area contributed by atoms with Gasteiger partial charge in [0.15, 0.2) is 11.6 Å². The first-order valence-electron chi connectivity index (χ1n) is 11.6. The number of esters is 1. The van der Waals surface area contributed by atoms with Crippen LogP contribution < -0.4 is 14.2 Å². The van der Waals surface area contributed by atoms with E-state index in [4.69, 9.17) is 14.2 Å². The lowest BCUT2D eigenvalue weighted by molar-refractivity contribution is -0.275.